The van der Waals surface area contributed by atoms with Gasteiger partial charge in [-0.25, -0.2) is 4.98 Å². The fraction of sp³-hybridized carbons (Fsp3) is 0.438. The number of amides is 2. The van der Waals surface area contributed by atoms with Crippen molar-refractivity contribution in [1.29, 1.82) is 0 Å². The molecule has 0 bridgehead atoms. The highest BCUT2D eigenvalue weighted by Crippen LogP contribution is 2.47. The number of rotatable bonds is 4. The highest BCUT2D eigenvalue weighted by molar-refractivity contribution is 7.09. The van der Waals surface area contributed by atoms with Crippen LogP contribution in [-0.4, -0.2) is 23.4 Å². The fourth-order valence-corrected chi connectivity index (χ4v) is 4.21. The molecule has 6 nitrogen and oxygen atoms in total. The van der Waals surface area contributed by atoms with E-state index in [1.165, 1.54) is 11.3 Å². The van der Waals surface area contributed by atoms with Gasteiger partial charge in [-0.3, -0.25) is 9.59 Å². The van der Waals surface area contributed by atoms with Crippen molar-refractivity contribution >= 4 is 23.2 Å². The Morgan fingerprint density at radius 1 is 1.48 bits per heavy atom. The number of nitrogens with two attached hydrogens (primary N) is 2. The van der Waals surface area contributed by atoms with Crippen molar-refractivity contribution in [3.05, 3.63) is 39.6 Å². The first-order valence-electron chi connectivity index (χ1n) is 7.50. The zero-order valence-corrected chi connectivity index (χ0v) is 13.7. The predicted octanol–water partition coefficient (Wildman–Crippen LogP) is 1.20. The van der Waals surface area contributed by atoms with Crippen LogP contribution in [0.4, 0.5) is 0 Å². The molecule has 23 heavy (non-hydrogen) atoms. The first-order chi connectivity index (χ1) is 10.9. The van der Waals surface area contributed by atoms with Crippen LogP contribution in [0, 0.1) is 18.3 Å². The summed E-state index contributed by atoms with van der Waals surface area (Å²) >= 11 is 1.48. The third kappa shape index (κ3) is 2.76. The van der Waals surface area contributed by atoms with Gasteiger partial charge in [-0.05, 0) is 25.8 Å². The summed E-state index contributed by atoms with van der Waals surface area (Å²) in [5.74, 6) is -0.628. The molecule has 7 heteroatoms. The smallest absolute Gasteiger partial charge is 0.248 e. The lowest BCUT2D eigenvalue weighted by atomic mass is 9.65. The zero-order chi connectivity index (χ0) is 16.6. The summed E-state index contributed by atoms with van der Waals surface area (Å²) in [6, 6.07) is 0. The molecule has 4 N–H and O–H groups in total. The number of hydrogen-bond acceptors (Lipinski definition) is 5. The van der Waals surface area contributed by atoms with E-state index >= 15 is 0 Å². The number of allylic oxidation sites excluding steroid dienone is 1. The number of aromatic nitrogens is 1. The molecule has 1 aromatic heterocycles. The largest absolute Gasteiger partial charge is 0.498 e. The molecular weight excluding hydrogens is 314 g/mol. The minimum atomic E-state index is -1.03. The van der Waals surface area contributed by atoms with Crippen molar-refractivity contribution in [2.24, 2.45) is 22.8 Å². The number of primary amides is 2. The first-order valence-corrected chi connectivity index (χ1v) is 8.38. The van der Waals surface area contributed by atoms with Crippen LogP contribution in [0.25, 0.3) is 0 Å². The van der Waals surface area contributed by atoms with Crippen LogP contribution in [0.1, 0.15) is 23.5 Å². The first kappa shape index (κ1) is 15.7. The molecule has 1 saturated heterocycles. The van der Waals surface area contributed by atoms with Gasteiger partial charge in [0.1, 0.15) is 5.76 Å². The fourth-order valence-electron chi connectivity index (χ4n) is 3.33. The Hall–Kier alpha value is -2.15. The second-order valence-corrected chi connectivity index (χ2v) is 6.96. The van der Waals surface area contributed by atoms with Crippen LogP contribution >= 0.6 is 11.3 Å². The lowest BCUT2D eigenvalue weighted by Crippen LogP contribution is -2.48. The Morgan fingerprint density at radius 2 is 2.26 bits per heavy atom. The average Bonchev–Trinajstić information content (AvgIpc) is 2.91. The van der Waals surface area contributed by atoms with E-state index in [2.05, 4.69) is 4.98 Å². The maximum atomic E-state index is 12.4. The lowest BCUT2D eigenvalue weighted by Gasteiger charge is -2.41. The Bertz CT molecular complexity index is 722. The minimum Gasteiger partial charge on any atom is -0.498 e. The topological polar surface area (TPSA) is 108 Å². The molecule has 1 fully saturated rings. The third-order valence-electron chi connectivity index (χ3n) is 4.44. The summed E-state index contributed by atoms with van der Waals surface area (Å²) in [7, 11) is 0. The van der Waals surface area contributed by atoms with Crippen molar-refractivity contribution in [3.8, 4) is 0 Å². The molecule has 1 aromatic rings. The van der Waals surface area contributed by atoms with E-state index in [1.54, 1.807) is 12.2 Å². The lowest BCUT2D eigenvalue weighted by molar-refractivity contribution is -0.129. The van der Waals surface area contributed by atoms with E-state index in [1.807, 2.05) is 12.3 Å². The molecule has 0 aromatic carbocycles. The molecule has 122 valence electrons. The monoisotopic (exact) mass is 333 g/mol. The van der Waals surface area contributed by atoms with E-state index in [0.29, 0.717) is 18.8 Å². The minimum absolute atomic E-state index is 0.180. The molecule has 0 radical (unpaired) electrons. The van der Waals surface area contributed by atoms with Crippen molar-refractivity contribution in [2.45, 2.75) is 26.2 Å². The van der Waals surface area contributed by atoms with Gasteiger partial charge in [-0.15, -0.1) is 11.3 Å². The number of carbonyl (C=O) groups is 2. The van der Waals surface area contributed by atoms with E-state index < -0.39 is 17.2 Å². The number of nitrogens with zero attached hydrogens (tertiary/aromatic N) is 1. The second kappa shape index (κ2) is 5.81. The van der Waals surface area contributed by atoms with Gasteiger partial charge in [0.25, 0.3) is 0 Å². The zero-order valence-electron chi connectivity index (χ0n) is 12.9. The standard InChI is InChI=1S/C16H19N3O3S/c1-9-8-23-13(19-9)7-16(15(18)21)6-10(14(17)20)5-12-11(16)3-2-4-22-12/h5-6,8,11H,2-4,7H2,1H3,(H2,17,20)(H2,18,21). The Balaban J connectivity index is 2.09. The molecule has 1 aliphatic carbocycles. The number of aryl methyl sites for hydroxylation is 1. The summed E-state index contributed by atoms with van der Waals surface area (Å²) < 4.78 is 5.70. The van der Waals surface area contributed by atoms with Gasteiger partial charge in [-0.1, -0.05) is 6.08 Å². The highest BCUT2D eigenvalue weighted by atomic mass is 32.1. The van der Waals surface area contributed by atoms with Crippen molar-refractivity contribution in [2.75, 3.05) is 6.61 Å². The van der Waals surface area contributed by atoms with Crippen LogP contribution < -0.4 is 11.5 Å². The summed E-state index contributed by atoms with van der Waals surface area (Å²) in [5.41, 5.74) is 11.4. The number of thiazole rings is 1. The van der Waals surface area contributed by atoms with Gasteiger partial charge < -0.3 is 16.2 Å². The van der Waals surface area contributed by atoms with Crippen molar-refractivity contribution < 1.29 is 14.3 Å². The molecule has 2 aliphatic rings. The number of fused-ring (bicyclic) bond motifs is 1. The number of ether oxygens (including phenoxy) is 1. The summed E-state index contributed by atoms with van der Waals surface area (Å²) in [5, 5.41) is 2.74. The maximum absolute atomic E-state index is 12.4. The van der Waals surface area contributed by atoms with E-state index in [9.17, 15) is 9.59 Å². The summed E-state index contributed by atoms with van der Waals surface area (Å²) in [4.78, 5) is 28.6. The van der Waals surface area contributed by atoms with Gasteiger partial charge in [0.2, 0.25) is 11.8 Å². The van der Waals surface area contributed by atoms with Gasteiger partial charge >= 0.3 is 0 Å². The van der Waals surface area contributed by atoms with Gasteiger partial charge in [0.15, 0.2) is 0 Å². The molecule has 2 amide bonds. The SMILES string of the molecule is Cc1csc(CC2(C(N)=O)C=C(C(N)=O)C=C3OCCCC32)n1. The Labute approximate surface area is 138 Å². The Kier molecular flexibility index (Phi) is 3.97. The van der Waals surface area contributed by atoms with Crippen LogP contribution in [0.3, 0.4) is 0 Å². The number of carbonyl (C=O) groups excluding carboxylic acids is 2. The molecule has 0 spiro atoms. The van der Waals surface area contributed by atoms with E-state index in [4.69, 9.17) is 16.2 Å². The maximum Gasteiger partial charge on any atom is 0.248 e. The molecule has 2 atom stereocenters. The molecule has 0 saturated carbocycles. The van der Waals surface area contributed by atoms with Crippen LogP contribution in [0.15, 0.2) is 28.9 Å². The van der Waals surface area contributed by atoms with Gasteiger partial charge in [0.05, 0.1) is 17.0 Å². The van der Waals surface area contributed by atoms with Gasteiger partial charge in [0, 0.05) is 29.0 Å². The van der Waals surface area contributed by atoms with Gasteiger partial charge in [-0.2, -0.15) is 0 Å². The predicted molar refractivity (Wildman–Crippen MR) is 86.2 cm³/mol. The average molecular weight is 333 g/mol. The quantitative estimate of drug-likeness (QED) is 0.863. The molecular formula is C16H19N3O3S. The van der Waals surface area contributed by atoms with Crippen LogP contribution in [0.5, 0.6) is 0 Å². The molecule has 3 rings (SSSR count). The van der Waals surface area contributed by atoms with Crippen molar-refractivity contribution in [3.63, 3.8) is 0 Å². The summed E-state index contributed by atoms with van der Waals surface area (Å²) in [6.07, 6.45) is 5.23. The van der Waals surface area contributed by atoms with Crippen LogP contribution in [0.2, 0.25) is 0 Å². The third-order valence-corrected chi connectivity index (χ3v) is 5.40. The highest BCUT2D eigenvalue weighted by Gasteiger charge is 2.49. The summed E-state index contributed by atoms with van der Waals surface area (Å²) in [6.45, 7) is 2.47. The molecule has 1 aliphatic heterocycles. The molecule has 2 heterocycles. The van der Waals surface area contributed by atoms with E-state index in [-0.39, 0.29) is 11.5 Å². The Morgan fingerprint density at radius 3 is 2.87 bits per heavy atom. The second-order valence-electron chi connectivity index (χ2n) is 6.02. The number of hydrogen-bond donors (Lipinski definition) is 2. The van der Waals surface area contributed by atoms with Crippen molar-refractivity contribution in [1.82, 2.24) is 4.98 Å². The normalized spacial score (nSPS) is 26.6. The molecule has 2 unspecified atom stereocenters. The van der Waals surface area contributed by atoms with Crippen LogP contribution in [-0.2, 0) is 20.7 Å². The van der Waals surface area contributed by atoms with E-state index in [0.717, 1.165) is 23.5 Å².